The van der Waals surface area contributed by atoms with E-state index in [0.29, 0.717) is 17.5 Å². The van der Waals surface area contributed by atoms with Crippen molar-refractivity contribution in [2.24, 2.45) is 0 Å². The van der Waals surface area contributed by atoms with Crippen LogP contribution in [0.15, 0.2) is 195 Å². The number of fused-ring (bicyclic) bond motifs is 3. The molecule has 0 bridgehead atoms. The molecule has 0 atom stereocenters. The Balaban J connectivity index is 1.19. The molecule has 6 aromatic carbocycles. The quantitative estimate of drug-likeness (QED) is 0.153. The number of nitrogens with zero attached hydrogens (tertiary/aromatic N) is 6. The number of hydrogen-bond acceptors (Lipinski definition) is 6. The molecule has 10 rings (SSSR count). The third kappa shape index (κ3) is 6.35. The van der Waals surface area contributed by atoms with Crippen LogP contribution >= 0.6 is 0 Å². The van der Waals surface area contributed by atoms with Crippen LogP contribution in [0.25, 0.3) is 100 Å². The van der Waals surface area contributed by atoms with Crippen molar-refractivity contribution in [1.29, 1.82) is 0 Å². The maximum Gasteiger partial charge on any atom is 0.164 e. The van der Waals surface area contributed by atoms with Crippen LogP contribution in [0.5, 0.6) is 0 Å². The van der Waals surface area contributed by atoms with Gasteiger partial charge >= 0.3 is 0 Å². The van der Waals surface area contributed by atoms with Gasteiger partial charge in [-0.25, -0.2) is 15.0 Å². The van der Waals surface area contributed by atoms with Crippen LogP contribution in [-0.4, -0.2) is 29.9 Å². The van der Waals surface area contributed by atoms with Gasteiger partial charge in [-0.2, -0.15) is 0 Å². The van der Waals surface area contributed by atoms with Crippen molar-refractivity contribution in [2.45, 2.75) is 0 Å². The second-order valence-corrected chi connectivity index (χ2v) is 13.6. The minimum atomic E-state index is 0.569. The van der Waals surface area contributed by atoms with Crippen molar-refractivity contribution in [3.05, 3.63) is 195 Å². The molecular weight excluding hydrogens is 685 g/mol. The van der Waals surface area contributed by atoms with E-state index in [-0.39, 0.29) is 0 Å². The van der Waals surface area contributed by atoms with E-state index >= 15 is 0 Å². The molecule has 0 radical (unpaired) electrons. The van der Waals surface area contributed by atoms with Gasteiger partial charge in [0.15, 0.2) is 17.5 Å². The van der Waals surface area contributed by atoms with Crippen molar-refractivity contribution in [3.8, 4) is 78.7 Å². The molecule has 0 saturated carbocycles. The molecule has 0 aliphatic rings. The van der Waals surface area contributed by atoms with E-state index in [4.69, 9.17) is 24.9 Å². The molecule has 0 N–H and O–H groups in total. The second-order valence-electron chi connectivity index (χ2n) is 13.6. The van der Waals surface area contributed by atoms with Crippen molar-refractivity contribution >= 4 is 21.8 Å². The Morgan fingerprint density at radius 1 is 0.304 bits per heavy atom. The largest absolute Gasteiger partial charge is 0.264 e. The maximum atomic E-state index is 5.22. The van der Waals surface area contributed by atoms with Gasteiger partial charge in [0.05, 0.1) is 11.0 Å². The lowest BCUT2D eigenvalue weighted by Crippen LogP contribution is -2.01. The lowest BCUT2D eigenvalue weighted by molar-refractivity contribution is 1.07. The van der Waals surface area contributed by atoms with Gasteiger partial charge < -0.3 is 0 Å². The van der Waals surface area contributed by atoms with Gasteiger partial charge in [-0.15, -0.1) is 0 Å². The Morgan fingerprint density at radius 3 is 1.59 bits per heavy atom. The van der Waals surface area contributed by atoms with Crippen molar-refractivity contribution in [2.75, 3.05) is 0 Å². The summed E-state index contributed by atoms with van der Waals surface area (Å²) in [7, 11) is 0. The van der Waals surface area contributed by atoms with Crippen molar-refractivity contribution in [3.63, 3.8) is 0 Å². The average Bonchev–Trinajstić information content (AvgIpc) is 3.29. The first-order valence-corrected chi connectivity index (χ1v) is 18.5. The molecule has 6 nitrogen and oxygen atoms in total. The lowest BCUT2D eigenvalue weighted by atomic mass is 9.93. The third-order valence-electron chi connectivity index (χ3n) is 10.1. The van der Waals surface area contributed by atoms with Gasteiger partial charge in [-0.3, -0.25) is 15.0 Å². The molecule has 4 heterocycles. The Morgan fingerprint density at radius 2 is 0.839 bits per heavy atom. The first-order chi connectivity index (χ1) is 27.7. The summed E-state index contributed by atoms with van der Waals surface area (Å²) < 4.78 is 0. The second kappa shape index (κ2) is 14.3. The average molecular weight is 717 g/mol. The number of aromatic nitrogens is 6. The summed E-state index contributed by atoms with van der Waals surface area (Å²) in [5.74, 6) is 1.75. The van der Waals surface area contributed by atoms with Crippen LogP contribution in [0.2, 0.25) is 0 Å². The predicted octanol–water partition coefficient (Wildman–Crippen LogP) is 12.0. The first-order valence-electron chi connectivity index (χ1n) is 18.5. The topological polar surface area (TPSA) is 77.3 Å². The molecule has 6 heteroatoms. The van der Waals surface area contributed by atoms with Gasteiger partial charge in [0.1, 0.15) is 0 Å². The van der Waals surface area contributed by atoms with Crippen LogP contribution in [0, 0.1) is 0 Å². The summed E-state index contributed by atoms with van der Waals surface area (Å²) in [6.45, 7) is 0. The molecule has 4 aromatic heterocycles. The highest BCUT2D eigenvalue weighted by molar-refractivity contribution is 6.10. The zero-order valence-electron chi connectivity index (χ0n) is 30.2. The van der Waals surface area contributed by atoms with Crippen LogP contribution in [0.1, 0.15) is 0 Å². The monoisotopic (exact) mass is 716 g/mol. The summed E-state index contributed by atoms with van der Waals surface area (Å²) in [5, 5.41) is 2.03. The maximum absolute atomic E-state index is 5.22. The van der Waals surface area contributed by atoms with E-state index in [1.165, 1.54) is 0 Å². The summed E-state index contributed by atoms with van der Waals surface area (Å²) in [6.07, 6.45) is 7.32. The fourth-order valence-electron chi connectivity index (χ4n) is 7.30. The van der Waals surface area contributed by atoms with Crippen LogP contribution in [0.3, 0.4) is 0 Å². The van der Waals surface area contributed by atoms with E-state index in [1.54, 1.807) is 6.20 Å². The number of pyridine rings is 3. The van der Waals surface area contributed by atoms with E-state index in [9.17, 15) is 0 Å². The van der Waals surface area contributed by atoms with Gasteiger partial charge in [0.2, 0.25) is 0 Å². The summed E-state index contributed by atoms with van der Waals surface area (Å²) in [4.78, 5) is 29.5. The van der Waals surface area contributed by atoms with Gasteiger partial charge in [0.25, 0.3) is 0 Å². The molecule has 0 aliphatic carbocycles. The smallest absolute Gasteiger partial charge is 0.164 e. The van der Waals surface area contributed by atoms with Crippen LogP contribution in [-0.2, 0) is 0 Å². The van der Waals surface area contributed by atoms with E-state index in [2.05, 4.69) is 145 Å². The highest BCUT2D eigenvalue weighted by Gasteiger charge is 2.18. The fraction of sp³-hybridized carbons (Fsp3) is 0. The van der Waals surface area contributed by atoms with E-state index in [1.807, 2.05) is 48.9 Å². The molecule has 262 valence electrons. The zero-order valence-corrected chi connectivity index (χ0v) is 30.2. The molecular formula is C50H32N6. The summed E-state index contributed by atoms with van der Waals surface area (Å²) in [5.41, 5.74) is 12.9. The minimum Gasteiger partial charge on any atom is -0.264 e. The Hall–Kier alpha value is -7.70. The Bertz CT molecular complexity index is 3000. The zero-order chi connectivity index (χ0) is 37.3. The number of benzene rings is 6. The SMILES string of the molecule is c1ccc(-c2ccc(-c3nc(-c4cccc(-c5ccccc5)c4)nc(-c4cc(-c5cccnc5)cc(-c5cc6cccnc6c6ncccc56)c4)n3)cc2)cc1. The predicted molar refractivity (Wildman–Crippen MR) is 226 cm³/mol. The number of rotatable bonds is 7. The summed E-state index contributed by atoms with van der Waals surface area (Å²) >= 11 is 0. The van der Waals surface area contributed by atoms with Crippen LogP contribution in [0.4, 0.5) is 0 Å². The molecule has 10 aromatic rings. The van der Waals surface area contributed by atoms with E-state index in [0.717, 1.165) is 83.0 Å². The number of hydrogen-bond donors (Lipinski definition) is 0. The Kier molecular flexibility index (Phi) is 8.39. The summed E-state index contributed by atoms with van der Waals surface area (Å²) in [6, 6.07) is 58.5. The molecule has 0 saturated heterocycles. The van der Waals surface area contributed by atoms with Crippen LogP contribution < -0.4 is 0 Å². The molecule has 0 spiro atoms. The first kappa shape index (κ1) is 32.9. The Labute approximate surface area is 324 Å². The molecule has 0 unspecified atom stereocenters. The van der Waals surface area contributed by atoms with Gasteiger partial charge in [-0.1, -0.05) is 121 Å². The standard InChI is InChI=1S/C50H32N6/c1-3-11-33(12-4-1)35-20-22-36(23-21-35)48-54-49(39-16-7-15-37(27-39)34-13-5-2-6-14-34)56-50(55-48)43-29-41(40-18-8-24-51-32-40)28-42(30-43)45-31-38-17-9-25-52-46(38)47-44(45)19-10-26-53-47/h1-32H. The normalized spacial score (nSPS) is 11.2. The van der Waals surface area contributed by atoms with Crippen molar-refractivity contribution < 1.29 is 0 Å². The fourth-order valence-corrected chi connectivity index (χ4v) is 7.30. The van der Waals surface area contributed by atoms with Crippen molar-refractivity contribution in [1.82, 2.24) is 29.9 Å². The molecule has 0 amide bonds. The minimum absolute atomic E-state index is 0.569. The highest BCUT2D eigenvalue weighted by atomic mass is 15.0. The lowest BCUT2D eigenvalue weighted by Gasteiger charge is -2.14. The van der Waals surface area contributed by atoms with Gasteiger partial charge in [-0.05, 0) is 87.5 Å². The molecule has 0 aliphatic heterocycles. The highest BCUT2D eigenvalue weighted by Crippen LogP contribution is 2.38. The van der Waals surface area contributed by atoms with Gasteiger partial charge in [0, 0.05) is 57.8 Å². The molecule has 0 fully saturated rings. The van der Waals surface area contributed by atoms with E-state index < -0.39 is 0 Å². The molecule has 56 heavy (non-hydrogen) atoms. The third-order valence-corrected chi connectivity index (χ3v) is 10.1.